The first kappa shape index (κ1) is 18.8. The molecule has 4 aromatic rings. The zero-order valence-electron chi connectivity index (χ0n) is 16.2. The monoisotopic (exact) mass is 395 g/mol. The van der Waals surface area contributed by atoms with Crippen LogP contribution < -0.4 is 11.0 Å². The van der Waals surface area contributed by atoms with Gasteiger partial charge in [0, 0.05) is 23.0 Å². The second kappa shape index (κ2) is 7.12. The van der Waals surface area contributed by atoms with Gasteiger partial charge in [0.2, 0.25) is 5.95 Å². The summed E-state index contributed by atoms with van der Waals surface area (Å²) >= 11 is 0. The quantitative estimate of drug-likeness (QED) is 0.570. The third kappa shape index (κ3) is 3.61. The number of rotatable bonds is 4. The molecular formula is C21H19F2N5O. The number of aromatic nitrogens is 4. The summed E-state index contributed by atoms with van der Waals surface area (Å²) in [6.45, 7) is 5.62. The van der Waals surface area contributed by atoms with E-state index in [9.17, 15) is 13.6 Å². The van der Waals surface area contributed by atoms with Crippen LogP contribution in [0.15, 0.2) is 47.3 Å². The summed E-state index contributed by atoms with van der Waals surface area (Å²) in [5.41, 5.74) is 3.61. The molecule has 0 amide bonds. The minimum Gasteiger partial charge on any atom is -0.325 e. The summed E-state index contributed by atoms with van der Waals surface area (Å²) < 4.78 is 29.9. The van der Waals surface area contributed by atoms with Crippen molar-refractivity contribution in [3.05, 3.63) is 87.0 Å². The number of benzene rings is 2. The van der Waals surface area contributed by atoms with E-state index in [0.717, 1.165) is 39.7 Å². The number of halogens is 2. The largest absolute Gasteiger partial charge is 0.353 e. The van der Waals surface area contributed by atoms with Crippen LogP contribution in [-0.2, 0) is 6.54 Å². The van der Waals surface area contributed by atoms with Crippen molar-refractivity contribution in [2.24, 2.45) is 0 Å². The number of hydrogen-bond acceptors (Lipinski definition) is 4. The molecule has 2 aromatic carbocycles. The van der Waals surface area contributed by atoms with E-state index < -0.39 is 17.3 Å². The summed E-state index contributed by atoms with van der Waals surface area (Å²) in [5, 5.41) is 7.43. The second-order valence-corrected chi connectivity index (χ2v) is 7.01. The molecule has 0 spiro atoms. The Balaban J connectivity index is 1.79. The predicted octanol–water partition coefficient (Wildman–Crippen LogP) is 3.89. The van der Waals surface area contributed by atoms with Gasteiger partial charge in [-0.15, -0.1) is 5.10 Å². The molecule has 0 aliphatic rings. The molecule has 1 N–H and O–H groups in total. The molecule has 0 aliphatic heterocycles. The first-order valence-corrected chi connectivity index (χ1v) is 9.07. The SMILES string of the molecule is Cc1cc2nn(Cc3cc(F)ccc3F)c(=O)n2c(Nc2ccc(C)c(C)c2)n1. The van der Waals surface area contributed by atoms with Crippen LogP contribution in [0.25, 0.3) is 5.65 Å². The lowest BCUT2D eigenvalue weighted by Crippen LogP contribution is -2.24. The molecule has 0 radical (unpaired) electrons. The minimum absolute atomic E-state index is 0.0452. The third-order valence-electron chi connectivity index (χ3n) is 4.79. The van der Waals surface area contributed by atoms with Crippen molar-refractivity contribution >= 4 is 17.3 Å². The Labute approximate surface area is 165 Å². The number of hydrogen-bond donors (Lipinski definition) is 1. The molecular weight excluding hydrogens is 376 g/mol. The number of nitrogens with one attached hydrogen (secondary N) is 1. The van der Waals surface area contributed by atoms with Gasteiger partial charge in [-0.25, -0.2) is 27.6 Å². The summed E-state index contributed by atoms with van der Waals surface area (Å²) in [6.07, 6.45) is 0. The van der Waals surface area contributed by atoms with Crippen molar-refractivity contribution in [3.63, 3.8) is 0 Å². The molecule has 0 unspecified atom stereocenters. The van der Waals surface area contributed by atoms with E-state index in [4.69, 9.17) is 0 Å². The zero-order chi connectivity index (χ0) is 20.7. The van der Waals surface area contributed by atoms with Gasteiger partial charge in [0.05, 0.1) is 6.54 Å². The van der Waals surface area contributed by atoms with Gasteiger partial charge in [0.15, 0.2) is 5.65 Å². The summed E-state index contributed by atoms with van der Waals surface area (Å²) in [6, 6.07) is 10.6. The van der Waals surface area contributed by atoms with Crippen molar-refractivity contribution in [3.8, 4) is 0 Å². The van der Waals surface area contributed by atoms with Crippen molar-refractivity contribution in [1.29, 1.82) is 0 Å². The van der Waals surface area contributed by atoms with Gasteiger partial charge in [-0.3, -0.25) is 0 Å². The standard InChI is InChI=1S/C21H19F2N5O/c1-12-4-6-17(8-13(12)2)25-20-24-14(3)9-19-26-27(21(29)28(19)20)11-15-10-16(22)5-7-18(15)23/h4-10H,11H2,1-3H3,(H,24,25). The predicted molar refractivity (Wildman–Crippen MR) is 107 cm³/mol. The molecule has 29 heavy (non-hydrogen) atoms. The van der Waals surface area contributed by atoms with Gasteiger partial charge < -0.3 is 5.32 Å². The molecule has 2 aromatic heterocycles. The van der Waals surface area contributed by atoms with E-state index in [2.05, 4.69) is 15.4 Å². The van der Waals surface area contributed by atoms with Crippen LogP contribution in [0, 0.1) is 32.4 Å². The molecule has 0 atom stereocenters. The smallest absolute Gasteiger partial charge is 0.325 e. The first-order valence-electron chi connectivity index (χ1n) is 9.07. The Hall–Kier alpha value is -3.55. The van der Waals surface area contributed by atoms with Crippen LogP contribution >= 0.6 is 0 Å². The van der Waals surface area contributed by atoms with E-state index in [0.29, 0.717) is 17.3 Å². The Morgan fingerprint density at radius 1 is 1.00 bits per heavy atom. The van der Waals surface area contributed by atoms with Crippen LogP contribution in [0.3, 0.4) is 0 Å². The van der Waals surface area contributed by atoms with E-state index >= 15 is 0 Å². The Morgan fingerprint density at radius 3 is 2.55 bits per heavy atom. The normalized spacial score (nSPS) is 11.2. The Bertz CT molecular complexity index is 1290. The lowest BCUT2D eigenvalue weighted by molar-refractivity contribution is 0.561. The fourth-order valence-corrected chi connectivity index (χ4v) is 3.11. The molecule has 0 saturated carbocycles. The highest BCUT2D eigenvalue weighted by molar-refractivity contribution is 5.58. The number of fused-ring (bicyclic) bond motifs is 1. The minimum atomic E-state index is -0.599. The maximum atomic E-state index is 14.0. The number of anilines is 2. The van der Waals surface area contributed by atoms with Gasteiger partial charge in [-0.1, -0.05) is 6.07 Å². The van der Waals surface area contributed by atoms with Crippen molar-refractivity contribution in [2.75, 3.05) is 5.32 Å². The molecule has 0 aliphatic carbocycles. The maximum absolute atomic E-state index is 14.0. The summed E-state index contributed by atoms with van der Waals surface area (Å²) in [5.74, 6) is -0.870. The molecule has 148 valence electrons. The summed E-state index contributed by atoms with van der Waals surface area (Å²) in [4.78, 5) is 17.4. The number of nitrogens with zero attached hydrogens (tertiary/aromatic N) is 4. The first-order chi connectivity index (χ1) is 13.8. The molecule has 0 fully saturated rings. The second-order valence-electron chi connectivity index (χ2n) is 7.01. The molecule has 0 saturated heterocycles. The Morgan fingerprint density at radius 2 is 1.79 bits per heavy atom. The molecule has 2 heterocycles. The average molecular weight is 395 g/mol. The third-order valence-corrected chi connectivity index (χ3v) is 4.79. The van der Waals surface area contributed by atoms with Crippen LogP contribution in [0.1, 0.15) is 22.4 Å². The van der Waals surface area contributed by atoms with Gasteiger partial charge in [0.1, 0.15) is 11.6 Å². The van der Waals surface area contributed by atoms with Gasteiger partial charge in [0.25, 0.3) is 0 Å². The lowest BCUT2D eigenvalue weighted by Gasteiger charge is -2.09. The van der Waals surface area contributed by atoms with Crippen molar-refractivity contribution in [2.45, 2.75) is 27.3 Å². The molecule has 6 nitrogen and oxygen atoms in total. The van der Waals surface area contributed by atoms with Crippen molar-refractivity contribution < 1.29 is 8.78 Å². The molecule has 4 rings (SSSR count). The van der Waals surface area contributed by atoms with Gasteiger partial charge in [-0.05, 0) is 62.2 Å². The molecule has 8 heteroatoms. The van der Waals surface area contributed by atoms with Crippen LogP contribution in [0.2, 0.25) is 0 Å². The average Bonchev–Trinajstić information content (AvgIpc) is 2.96. The fraction of sp³-hybridized carbons (Fsp3) is 0.190. The highest BCUT2D eigenvalue weighted by Gasteiger charge is 2.15. The van der Waals surface area contributed by atoms with E-state index in [1.807, 2.05) is 32.0 Å². The fourth-order valence-electron chi connectivity index (χ4n) is 3.11. The van der Waals surface area contributed by atoms with Crippen molar-refractivity contribution in [1.82, 2.24) is 19.2 Å². The van der Waals surface area contributed by atoms with E-state index in [-0.39, 0.29) is 12.1 Å². The highest BCUT2D eigenvalue weighted by Crippen LogP contribution is 2.19. The van der Waals surface area contributed by atoms with Crippen LogP contribution in [0.4, 0.5) is 20.4 Å². The van der Waals surface area contributed by atoms with E-state index in [1.54, 1.807) is 13.0 Å². The van der Waals surface area contributed by atoms with Crippen LogP contribution in [-0.4, -0.2) is 19.2 Å². The van der Waals surface area contributed by atoms with Crippen LogP contribution in [0.5, 0.6) is 0 Å². The molecule has 0 bridgehead atoms. The summed E-state index contributed by atoms with van der Waals surface area (Å²) in [7, 11) is 0. The number of aryl methyl sites for hydroxylation is 3. The lowest BCUT2D eigenvalue weighted by atomic mass is 10.1. The van der Waals surface area contributed by atoms with E-state index in [1.165, 1.54) is 4.40 Å². The zero-order valence-corrected chi connectivity index (χ0v) is 16.2. The Kier molecular flexibility index (Phi) is 4.62. The van der Waals surface area contributed by atoms with Gasteiger partial charge in [-0.2, -0.15) is 0 Å². The van der Waals surface area contributed by atoms with Gasteiger partial charge >= 0.3 is 5.69 Å². The maximum Gasteiger partial charge on any atom is 0.353 e. The topological polar surface area (TPSA) is 64.2 Å². The highest BCUT2D eigenvalue weighted by atomic mass is 19.1.